The van der Waals surface area contributed by atoms with Gasteiger partial charge in [-0.3, -0.25) is 14.4 Å². The van der Waals surface area contributed by atoms with E-state index < -0.39 is 11.9 Å². The van der Waals surface area contributed by atoms with Crippen LogP contribution in [0, 0.1) is 11.8 Å². The molecule has 0 radical (unpaired) electrons. The lowest BCUT2D eigenvalue weighted by Gasteiger charge is -2.34. The van der Waals surface area contributed by atoms with E-state index in [0.717, 1.165) is 0 Å². The summed E-state index contributed by atoms with van der Waals surface area (Å²) in [5, 5.41) is 15.5. The van der Waals surface area contributed by atoms with Gasteiger partial charge in [-0.1, -0.05) is 6.92 Å². The number of aliphatic carboxylic acids is 1. The average molecular weight is 338 g/mol. The maximum Gasteiger partial charge on any atom is 0.308 e. The van der Waals surface area contributed by atoms with Crippen LogP contribution in [0.4, 0.5) is 0 Å². The highest BCUT2D eigenvalue weighted by atomic mass is 32.1. The van der Waals surface area contributed by atoms with Gasteiger partial charge in [0.25, 0.3) is 5.91 Å². The van der Waals surface area contributed by atoms with Crippen molar-refractivity contribution >= 4 is 29.1 Å². The van der Waals surface area contributed by atoms with Crippen LogP contribution in [-0.4, -0.2) is 47.4 Å². The zero-order valence-electron chi connectivity index (χ0n) is 13.2. The summed E-state index contributed by atoms with van der Waals surface area (Å²) in [5.41, 5.74) is 0.635. The predicted molar refractivity (Wildman–Crippen MR) is 87.4 cm³/mol. The maximum atomic E-state index is 12.2. The number of rotatable bonds is 6. The summed E-state index contributed by atoms with van der Waals surface area (Å²) in [6.07, 6.45) is 1.50. The van der Waals surface area contributed by atoms with Crippen molar-refractivity contribution in [1.29, 1.82) is 0 Å². The zero-order chi connectivity index (χ0) is 16.8. The molecule has 2 amide bonds. The van der Waals surface area contributed by atoms with Crippen LogP contribution >= 0.6 is 11.3 Å². The molecule has 6 nitrogen and oxygen atoms in total. The highest BCUT2D eigenvalue weighted by Gasteiger charge is 2.31. The Morgan fingerprint density at radius 1 is 1.39 bits per heavy atom. The fraction of sp³-hybridized carbons (Fsp3) is 0.562. The molecule has 126 valence electrons. The Labute approximate surface area is 139 Å². The van der Waals surface area contributed by atoms with Crippen LogP contribution in [0.1, 0.15) is 36.5 Å². The summed E-state index contributed by atoms with van der Waals surface area (Å²) < 4.78 is 0. The SMILES string of the molecule is CC1CC(C(=O)O)CN(C(=O)CCCNC(=O)c2ccsc2)C1. The quantitative estimate of drug-likeness (QED) is 0.775. The molecule has 0 bridgehead atoms. The van der Waals surface area contributed by atoms with E-state index in [1.165, 1.54) is 11.3 Å². The maximum absolute atomic E-state index is 12.2. The van der Waals surface area contributed by atoms with Crippen molar-refractivity contribution in [2.24, 2.45) is 11.8 Å². The molecule has 0 spiro atoms. The van der Waals surface area contributed by atoms with Gasteiger partial charge < -0.3 is 15.3 Å². The molecule has 7 heteroatoms. The lowest BCUT2D eigenvalue weighted by Crippen LogP contribution is -2.45. The number of hydrogen-bond donors (Lipinski definition) is 2. The Morgan fingerprint density at radius 3 is 2.83 bits per heavy atom. The second-order valence-corrected chi connectivity index (χ2v) is 6.83. The number of amides is 2. The summed E-state index contributed by atoms with van der Waals surface area (Å²) in [4.78, 5) is 36.7. The van der Waals surface area contributed by atoms with Gasteiger partial charge in [0, 0.05) is 37.0 Å². The third-order valence-corrected chi connectivity index (χ3v) is 4.68. The number of carbonyl (C=O) groups is 3. The first-order valence-corrected chi connectivity index (χ1v) is 8.72. The minimum atomic E-state index is -0.836. The largest absolute Gasteiger partial charge is 0.481 e. The molecule has 1 aliphatic rings. The van der Waals surface area contributed by atoms with E-state index in [1.807, 2.05) is 12.3 Å². The van der Waals surface area contributed by atoms with Gasteiger partial charge in [-0.2, -0.15) is 11.3 Å². The van der Waals surface area contributed by atoms with Crippen molar-refractivity contribution in [2.75, 3.05) is 19.6 Å². The van der Waals surface area contributed by atoms with Crippen LogP contribution in [0.5, 0.6) is 0 Å². The van der Waals surface area contributed by atoms with Crippen LogP contribution in [0.25, 0.3) is 0 Å². The number of thiophene rings is 1. The van der Waals surface area contributed by atoms with Crippen molar-refractivity contribution in [3.05, 3.63) is 22.4 Å². The number of carboxylic acid groups (broad SMARTS) is 1. The number of nitrogens with one attached hydrogen (secondary N) is 1. The van der Waals surface area contributed by atoms with Crippen LogP contribution in [0.15, 0.2) is 16.8 Å². The number of carbonyl (C=O) groups excluding carboxylic acids is 2. The molecule has 1 aromatic heterocycles. The highest BCUT2D eigenvalue weighted by molar-refractivity contribution is 7.08. The Hall–Kier alpha value is -1.89. The summed E-state index contributed by atoms with van der Waals surface area (Å²) in [6, 6.07) is 1.76. The number of piperidine rings is 1. The summed E-state index contributed by atoms with van der Waals surface area (Å²) in [6.45, 7) is 3.31. The Balaban J connectivity index is 1.72. The average Bonchev–Trinajstić information content (AvgIpc) is 3.04. The Bertz CT molecular complexity index is 558. The van der Waals surface area contributed by atoms with Crippen LogP contribution in [0.2, 0.25) is 0 Å². The number of nitrogens with zero attached hydrogens (tertiary/aromatic N) is 1. The van der Waals surface area contributed by atoms with E-state index in [2.05, 4.69) is 5.32 Å². The van der Waals surface area contributed by atoms with E-state index in [4.69, 9.17) is 5.11 Å². The molecule has 1 aliphatic heterocycles. The molecule has 1 fully saturated rings. The molecule has 2 atom stereocenters. The molecule has 2 N–H and O–H groups in total. The molecular formula is C16H22N2O4S. The molecule has 2 rings (SSSR count). The molecular weight excluding hydrogens is 316 g/mol. The van der Waals surface area contributed by atoms with E-state index in [1.54, 1.807) is 16.3 Å². The molecule has 2 heterocycles. The zero-order valence-corrected chi connectivity index (χ0v) is 14.0. The lowest BCUT2D eigenvalue weighted by atomic mass is 9.90. The first kappa shape index (κ1) is 17.5. The molecule has 0 aromatic carbocycles. The molecule has 23 heavy (non-hydrogen) atoms. The van der Waals surface area contributed by atoms with Gasteiger partial charge in [-0.25, -0.2) is 0 Å². The minimum Gasteiger partial charge on any atom is -0.481 e. The molecule has 0 saturated carbocycles. The van der Waals surface area contributed by atoms with Gasteiger partial charge in [-0.15, -0.1) is 0 Å². The third-order valence-electron chi connectivity index (χ3n) is 4.00. The highest BCUT2D eigenvalue weighted by Crippen LogP contribution is 2.22. The molecule has 2 unspecified atom stereocenters. The third kappa shape index (κ3) is 5.06. The minimum absolute atomic E-state index is 0.0346. The monoisotopic (exact) mass is 338 g/mol. The van der Waals surface area contributed by atoms with Gasteiger partial charge in [0.2, 0.25) is 5.91 Å². The van der Waals surface area contributed by atoms with E-state index >= 15 is 0 Å². The number of hydrogen-bond acceptors (Lipinski definition) is 4. The first-order chi connectivity index (χ1) is 11.0. The predicted octanol–water partition coefficient (Wildman–Crippen LogP) is 1.83. The van der Waals surface area contributed by atoms with E-state index in [0.29, 0.717) is 44.5 Å². The standard InChI is InChI=1S/C16H22N2O4S/c1-11-7-13(16(21)22)9-18(8-11)14(19)3-2-5-17-15(20)12-4-6-23-10-12/h4,6,10-11,13H,2-3,5,7-9H2,1H3,(H,17,20)(H,21,22). The molecule has 1 saturated heterocycles. The fourth-order valence-electron chi connectivity index (χ4n) is 2.83. The first-order valence-electron chi connectivity index (χ1n) is 7.78. The second kappa shape index (κ2) is 8.10. The van der Waals surface area contributed by atoms with Gasteiger partial charge in [0.05, 0.1) is 5.92 Å². The van der Waals surface area contributed by atoms with Crippen molar-refractivity contribution in [3.63, 3.8) is 0 Å². The summed E-state index contributed by atoms with van der Waals surface area (Å²) in [7, 11) is 0. The fourth-order valence-corrected chi connectivity index (χ4v) is 3.47. The van der Waals surface area contributed by atoms with Crippen LogP contribution in [-0.2, 0) is 9.59 Å². The van der Waals surface area contributed by atoms with E-state index in [9.17, 15) is 14.4 Å². The lowest BCUT2D eigenvalue weighted by molar-refractivity contribution is -0.146. The van der Waals surface area contributed by atoms with Crippen molar-refractivity contribution in [3.8, 4) is 0 Å². The van der Waals surface area contributed by atoms with Crippen molar-refractivity contribution in [2.45, 2.75) is 26.2 Å². The molecule has 0 aliphatic carbocycles. The summed E-state index contributed by atoms with van der Waals surface area (Å²) >= 11 is 1.46. The van der Waals surface area contributed by atoms with Gasteiger partial charge >= 0.3 is 5.97 Å². The van der Waals surface area contributed by atoms with Gasteiger partial charge in [0.1, 0.15) is 0 Å². The van der Waals surface area contributed by atoms with Gasteiger partial charge in [0.15, 0.2) is 0 Å². The van der Waals surface area contributed by atoms with Crippen LogP contribution < -0.4 is 5.32 Å². The smallest absolute Gasteiger partial charge is 0.308 e. The van der Waals surface area contributed by atoms with Crippen molar-refractivity contribution < 1.29 is 19.5 Å². The normalized spacial score (nSPS) is 21.0. The number of likely N-dealkylation sites (tertiary alicyclic amines) is 1. The van der Waals surface area contributed by atoms with Crippen LogP contribution in [0.3, 0.4) is 0 Å². The number of carboxylic acids is 1. The Kier molecular flexibility index (Phi) is 6.15. The van der Waals surface area contributed by atoms with Crippen molar-refractivity contribution in [1.82, 2.24) is 10.2 Å². The summed E-state index contributed by atoms with van der Waals surface area (Å²) in [5.74, 6) is -1.27. The second-order valence-electron chi connectivity index (χ2n) is 6.05. The van der Waals surface area contributed by atoms with Gasteiger partial charge in [-0.05, 0) is 30.2 Å². The van der Waals surface area contributed by atoms with E-state index in [-0.39, 0.29) is 17.7 Å². The Morgan fingerprint density at radius 2 is 2.17 bits per heavy atom. The topological polar surface area (TPSA) is 86.7 Å². The molecule has 1 aromatic rings.